The van der Waals surface area contributed by atoms with Crippen molar-refractivity contribution in [2.24, 2.45) is 0 Å². The number of nitrogens with zero attached hydrogens (tertiary/aromatic N) is 3. The number of anilines is 1. The Hall–Kier alpha value is -2.23. The molecule has 28 heavy (non-hydrogen) atoms. The predicted octanol–water partition coefficient (Wildman–Crippen LogP) is 2.85. The van der Waals surface area contributed by atoms with Gasteiger partial charge in [-0.1, -0.05) is 12.5 Å². The van der Waals surface area contributed by atoms with Gasteiger partial charge in [-0.15, -0.1) is 11.3 Å². The first kappa shape index (κ1) is 19.1. The number of fused-ring (bicyclic) bond motifs is 1. The van der Waals surface area contributed by atoms with Crippen LogP contribution in [0.3, 0.4) is 0 Å². The molecule has 0 atom stereocenters. The molecule has 1 aliphatic rings. The largest absolute Gasteiger partial charge is 0.379 e. The van der Waals surface area contributed by atoms with E-state index in [4.69, 9.17) is 0 Å². The molecule has 3 aromatic rings. The van der Waals surface area contributed by atoms with Gasteiger partial charge in [-0.2, -0.15) is 4.31 Å². The normalized spacial score (nSPS) is 15.8. The van der Waals surface area contributed by atoms with Gasteiger partial charge < -0.3 is 5.32 Å². The molecule has 0 amide bonds. The van der Waals surface area contributed by atoms with Crippen LogP contribution in [0.5, 0.6) is 0 Å². The third kappa shape index (κ3) is 3.69. The minimum absolute atomic E-state index is 0.124. The molecular weight excluding hydrogens is 396 g/mol. The van der Waals surface area contributed by atoms with Crippen molar-refractivity contribution in [1.29, 1.82) is 0 Å². The van der Waals surface area contributed by atoms with Gasteiger partial charge in [-0.3, -0.25) is 9.20 Å². The SMILES string of the molecule is Cc1ccc(S(=O)(=O)N2CCCCC2)cc1NCc1cc(=O)n2ccsc2n1. The highest BCUT2D eigenvalue weighted by atomic mass is 32.2. The standard InChI is InChI=1S/C19H22N4O3S2/c1-14-5-6-16(28(25,26)22-7-3-2-4-8-22)12-17(14)20-13-15-11-18(24)23-9-10-27-19(23)21-15/h5-6,9-12,20H,2-4,7-8,13H2,1H3. The molecule has 0 spiro atoms. The molecule has 1 fully saturated rings. The van der Waals surface area contributed by atoms with E-state index in [0.717, 1.165) is 30.5 Å². The average molecular weight is 419 g/mol. The lowest BCUT2D eigenvalue weighted by Crippen LogP contribution is -2.35. The molecule has 7 nitrogen and oxygen atoms in total. The van der Waals surface area contributed by atoms with Crippen molar-refractivity contribution in [2.45, 2.75) is 37.6 Å². The summed E-state index contributed by atoms with van der Waals surface area (Å²) in [6.45, 7) is 3.42. The van der Waals surface area contributed by atoms with Crippen molar-refractivity contribution in [3.63, 3.8) is 0 Å². The van der Waals surface area contributed by atoms with Crippen LogP contribution in [0.4, 0.5) is 5.69 Å². The number of hydrogen-bond acceptors (Lipinski definition) is 6. The molecule has 9 heteroatoms. The summed E-state index contributed by atoms with van der Waals surface area (Å²) in [7, 11) is -3.49. The van der Waals surface area contributed by atoms with Crippen molar-refractivity contribution < 1.29 is 8.42 Å². The smallest absolute Gasteiger partial charge is 0.258 e. The van der Waals surface area contributed by atoms with Crippen LogP contribution >= 0.6 is 11.3 Å². The number of thiazole rings is 1. The summed E-state index contributed by atoms with van der Waals surface area (Å²) >= 11 is 1.40. The third-order valence-electron chi connectivity index (χ3n) is 4.98. The Bertz CT molecular complexity index is 1160. The fraction of sp³-hybridized carbons (Fsp3) is 0.368. The Kier molecular flexibility index (Phi) is 5.22. The highest BCUT2D eigenvalue weighted by molar-refractivity contribution is 7.89. The number of piperidine rings is 1. The number of hydrogen-bond donors (Lipinski definition) is 1. The highest BCUT2D eigenvalue weighted by Crippen LogP contribution is 2.25. The van der Waals surface area contributed by atoms with E-state index in [1.165, 1.54) is 21.8 Å². The second kappa shape index (κ2) is 7.65. The first-order chi connectivity index (χ1) is 13.4. The zero-order valence-corrected chi connectivity index (χ0v) is 17.2. The van der Waals surface area contributed by atoms with Gasteiger partial charge >= 0.3 is 0 Å². The summed E-state index contributed by atoms with van der Waals surface area (Å²) in [5, 5.41) is 5.06. The van der Waals surface area contributed by atoms with Crippen molar-refractivity contribution in [2.75, 3.05) is 18.4 Å². The Balaban J connectivity index is 1.57. The maximum Gasteiger partial charge on any atom is 0.258 e. The average Bonchev–Trinajstić information content (AvgIpc) is 3.17. The van der Waals surface area contributed by atoms with E-state index in [2.05, 4.69) is 10.3 Å². The first-order valence-corrected chi connectivity index (χ1v) is 11.6. The molecule has 1 saturated heterocycles. The van der Waals surface area contributed by atoms with Crippen LogP contribution in [-0.4, -0.2) is 35.2 Å². The fourth-order valence-electron chi connectivity index (χ4n) is 3.37. The molecule has 0 bridgehead atoms. The van der Waals surface area contributed by atoms with Gasteiger partial charge in [-0.25, -0.2) is 13.4 Å². The van der Waals surface area contributed by atoms with Crippen molar-refractivity contribution in [3.05, 3.63) is 57.5 Å². The summed E-state index contributed by atoms with van der Waals surface area (Å²) in [5.74, 6) is 0. The number of nitrogens with one attached hydrogen (secondary N) is 1. The van der Waals surface area contributed by atoms with Crippen LogP contribution < -0.4 is 10.9 Å². The van der Waals surface area contributed by atoms with Gasteiger partial charge in [-0.05, 0) is 37.5 Å². The first-order valence-electron chi connectivity index (χ1n) is 9.25. The van der Waals surface area contributed by atoms with E-state index in [1.54, 1.807) is 22.6 Å². The highest BCUT2D eigenvalue weighted by Gasteiger charge is 2.26. The van der Waals surface area contributed by atoms with Crippen molar-refractivity contribution in [3.8, 4) is 0 Å². The zero-order chi connectivity index (χ0) is 19.7. The van der Waals surface area contributed by atoms with Gasteiger partial charge in [0.25, 0.3) is 5.56 Å². The number of sulfonamides is 1. The van der Waals surface area contributed by atoms with Crippen LogP contribution in [0.1, 0.15) is 30.5 Å². The lowest BCUT2D eigenvalue weighted by atomic mass is 10.2. The van der Waals surface area contributed by atoms with E-state index in [-0.39, 0.29) is 5.56 Å². The van der Waals surface area contributed by atoms with Gasteiger partial charge in [0.15, 0.2) is 4.96 Å². The molecule has 0 aliphatic carbocycles. The molecule has 1 aromatic carbocycles. The Morgan fingerprint density at radius 2 is 1.96 bits per heavy atom. The van der Waals surface area contributed by atoms with Crippen molar-refractivity contribution in [1.82, 2.24) is 13.7 Å². The molecule has 0 unspecified atom stereocenters. The second-order valence-corrected chi connectivity index (χ2v) is 9.75. The van der Waals surface area contributed by atoms with E-state index in [0.29, 0.717) is 35.2 Å². The van der Waals surface area contributed by atoms with E-state index in [1.807, 2.05) is 18.4 Å². The zero-order valence-electron chi connectivity index (χ0n) is 15.6. The Morgan fingerprint density at radius 3 is 2.75 bits per heavy atom. The minimum Gasteiger partial charge on any atom is -0.379 e. The van der Waals surface area contributed by atoms with E-state index < -0.39 is 10.0 Å². The quantitative estimate of drug-likeness (QED) is 0.689. The lowest BCUT2D eigenvalue weighted by molar-refractivity contribution is 0.346. The number of aryl methyl sites for hydroxylation is 1. The molecule has 1 aliphatic heterocycles. The fourth-order valence-corrected chi connectivity index (χ4v) is 5.65. The molecule has 2 aromatic heterocycles. The van der Waals surface area contributed by atoms with Crippen LogP contribution in [-0.2, 0) is 16.6 Å². The van der Waals surface area contributed by atoms with Crippen LogP contribution in [0, 0.1) is 6.92 Å². The minimum atomic E-state index is -3.49. The van der Waals surface area contributed by atoms with Crippen LogP contribution in [0.25, 0.3) is 4.96 Å². The van der Waals surface area contributed by atoms with E-state index in [9.17, 15) is 13.2 Å². The van der Waals surface area contributed by atoms with Gasteiger partial charge in [0.2, 0.25) is 10.0 Å². The van der Waals surface area contributed by atoms with Crippen molar-refractivity contribution >= 4 is 32.0 Å². The molecule has 0 saturated carbocycles. The molecule has 148 valence electrons. The molecule has 1 N–H and O–H groups in total. The summed E-state index contributed by atoms with van der Waals surface area (Å²) in [6.07, 6.45) is 4.59. The van der Waals surface area contributed by atoms with Gasteiger partial charge in [0, 0.05) is 36.4 Å². The summed E-state index contributed by atoms with van der Waals surface area (Å²) in [6, 6.07) is 6.64. The summed E-state index contributed by atoms with van der Waals surface area (Å²) < 4.78 is 28.9. The molecule has 0 radical (unpaired) electrons. The maximum absolute atomic E-state index is 12.9. The lowest BCUT2D eigenvalue weighted by Gasteiger charge is -2.26. The summed E-state index contributed by atoms with van der Waals surface area (Å²) in [5.41, 5.74) is 2.16. The Labute approximate surface area is 167 Å². The Morgan fingerprint density at radius 1 is 1.18 bits per heavy atom. The summed E-state index contributed by atoms with van der Waals surface area (Å²) in [4.78, 5) is 17.5. The van der Waals surface area contributed by atoms with Crippen LogP contribution in [0.2, 0.25) is 0 Å². The predicted molar refractivity (Wildman–Crippen MR) is 110 cm³/mol. The topological polar surface area (TPSA) is 83.8 Å². The molecular formula is C19H22N4O3S2. The maximum atomic E-state index is 12.9. The number of benzene rings is 1. The van der Waals surface area contributed by atoms with E-state index >= 15 is 0 Å². The van der Waals surface area contributed by atoms with Crippen LogP contribution in [0.15, 0.2) is 45.5 Å². The van der Waals surface area contributed by atoms with Gasteiger partial charge in [0.1, 0.15) is 0 Å². The molecule has 4 rings (SSSR count). The monoisotopic (exact) mass is 418 g/mol. The number of aromatic nitrogens is 2. The third-order valence-corrected chi connectivity index (χ3v) is 7.63. The molecule has 3 heterocycles. The second-order valence-electron chi connectivity index (χ2n) is 6.94. The number of rotatable bonds is 5. The van der Waals surface area contributed by atoms with Gasteiger partial charge in [0.05, 0.1) is 17.1 Å².